The van der Waals surface area contributed by atoms with Crippen molar-refractivity contribution < 1.29 is 0 Å². The van der Waals surface area contributed by atoms with Gasteiger partial charge in [0.1, 0.15) is 11.6 Å². The lowest BCUT2D eigenvalue weighted by Crippen LogP contribution is -2.30. The van der Waals surface area contributed by atoms with E-state index in [4.69, 9.17) is 5.73 Å². The standard InChI is InChI=1S/C12H23N5/c1-9(8-17(3)4)14-12-7-11(5-6-13)15-10(2)16-12/h7,9H,5-6,8,13H2,1-4H3,(H,14,15,16). The number of nitrogens with one attached hydrogen (secondary N) is 1. The highest BCUT2D eigenvalue weighted by atomic mass is 15.1. The predicted molar refractivity (Wildman–Crippen MR) is 71.2 cm³/mol. The lowest BCUT2D eigenvalue weighted by Gasteiger charge is -2.19. The van der Waals surface area contributed by atoms with Gasteiger partial charge in [0.2, 0.25) is 0 Å². The topological polar surface area (TPSA) is 67.1 Å². The van der Waals surface area contributed by atoms with E-state index >= 15 is 0 Å². The molecule has 5 heteroatoms. The Morgan fingerprint density at radius 1 is 1.41 bits per heavy atom. The van der Waals surface area contributed by atoms with E-state index in [2.05, 4.69) is 41.2 Å². The minimum absolute atomic E-state index is 0.352. The van der Waals surface area contributed by atoms with Crippen LogP contribution in [0.3, 0.4) is 0 Å². The van der Waals surface area contributed by atoms with E-state index in [1.165, 1.54) is 0 Å². The van der Waals surface area contributed by atoms with E-state index in [1.54, 1.807) is 0 Å². The van der Waals surface area contributed by atoms with Crippen LogP contribution in [0, 0.1) is 6.92 Å². The van der Waals surface area contributed by atoms with Crippen LogP contribution in [0.1, 0.15) is 18.4 Å². The molecule has 0 saturated heterocycles. The Hall–Kier alpha value is -1.20. The van der Waals surface area contributed by atoms with Gasteiger partial charge in [0.15, 0.2) is 0 Å². The van der Waals surface area contributed by atoms with Gasteiger partial charge in [-0.05, 0) is 34.5 Å². The molecule has 0 fully saturated rings. The number of aryl methyl sites for hydroxylation is 1. The Labute approximate surface area is 103 Å². The summed E-state index contributed by atoms with van der Waals surface area (Å²) in [6.45, 7) is 5.63. The number of hydrogen-bond donors (Lipinski definition) is 2. The molecule has 5 nitrogen and oxygen atoms in total. The van der Waals surface area contributed by atoms with Gasteiger partial charge < -0.3 is 16.0 Å². The molecule has 1 atom stereocenters. The van der Waals surface area contributed by atoms with Gasteiger partial charge in [-0.15, -0.1) is 0 Å². The third-order valence-corrected chi connectivity index (χ3v) is 2.32. The maximum absolute atomic E-state index is 5.54. The van der Waals surface area contributed by atoms with Gasteiger partial charge in [-0.25, -0.2) is 9.97 Å². The quantitative estimate of drug-likeness (QED) is 0.760. The molecule has 0 aliphatic rings. The van der Waals surface area contributed by atoms with Crippen molar-refractivity contribution in [2.45, 2.75) is 26.3 Å². The second kappa shape index (κ2) is 6.51. The van der Waals surface area contributed by atoms with Crippen LogP contribution in [0.4, 0.5) is 5.82 Å². The highest BCUT2D eigenvalue weighted by Gasteiger charge is 2.06. The molecule has 1 rings (SSSR count). The maximum atomic E-state index is 5.54. The Kier molecular flexibility index (Phi) is 5.31. The number of nitrogens with zero attached hydrogens (tertiary/aromatic N) is 3. The van der Waals surface area contributed by atoms with Crippen LogP contribution in [0.25, 0.3) is 0 Å². The van der Waals surface area contributed by atoms with Crippen molar-refractivity contribution in [2.75, 3.05) is 32.5 Å². The van der Waals surface area contributed by atoms with E-state index in [1.807, 2.05) is 13.0 Å². The van der Waals surface area contributed by atoms with Crippen molar-refractivity contribution in [3.63, 3.8) is 0 Å². The summed E-state index contributed by atoms with van der Waals surface area (Å²) in [7, 11) is 4.12. The Bertz CT molecular complexity index is 351. The summed E-state index contributed by atoms with van der Waals surface area (Å²) in [6.07, 6.45) is 0.792. The fourth-order valence-corrected chi connectivity index (χ4v) is 1.83. The third kappa shape index (κ3) is 5.10. The molecule has 0 bridgehead atoms. The Balaban J connectivity index is 2.69. The first kappa shape index (κ1) is 13.9. The van der Waals surface area contributed by atoms with Crippen LogP contribution in [0.2, 0.25) is 0 Å². The number of likely N-dealkylation sites (N-methyl/N-ethyl adjacent to an activating group) is 1. The second-order valence-electron chi connectivity index (χ2n) is 4.64. The summed E-state index contributed by atoms with van der Waals surface area (Å²) in [5, 5.41) is 3.38. The van der Waals surface area contributed by atoms with E-state index < -0.39 is 0 Å². The van der Waals surface area contributed by atoms with E-state index in [9.17, 15) is 0 Å². The monoisotopic (exact) mass is 237 g/mol. The largest absolute Gasteiger partial charge is 0.366 e. The molecule has 0 aliphatic heterocycles. The summed E-state index contributed by atoms with van der Waals surface area (Å²) in [5.74, 6) is 1.67. The molecule has 1 aromatic rings. The molecule has 0 saturated carbocycles. The molecule has 0 aliphatic carbocycles. The van der Waals surface area contributed by atoms with Crippen molar-refractivity contribution in [1.29, 1.82) is 0 Å². The van der Waals surface area contributed by atoms with Crippen LogP contribution < -0.4 is 11.1 Å². The van der Waals surface area contributed by atoms with E-state index in [0.717, 1.165) is 30.3 Å². The molecule has 1 aromatic heterocycles. The average Bonchev–Trinajstić information content (AvgIpc) is 2.14. The van der Waals surface area contributed by atoms with Gasteiger partial charge in [-0.2, -0.15) is 0 Å². The molecule has 1 unspecified atom stereocenters. The van der Waals surface area contributed by atoms with E-state index in [-0.39, 0.29) is 0 Å². The van der Waals surface area contributed by atoms with Crippen molar-refractivity contribution in [3.05, 3.63) is 17.6 Å². The molecule has 0 radical (unpaired) electrons. The van der Waals surface area contributed by atoms with Crippen molar-refractivity contribution in [3.8, 4) is 0 Å². The normalized spacial score (nSPS) is 12.8. The van der Waals surface area contributed by atoms with Crippen molar-refractivity contribution in [1.82, 2.24) is 14.9 Å². The maximum Gasteiger partial charge on any atom is 0.130 e. The minimum atomic E-state index is 0.352. The van der Waals surface area contributed by atoms with Crippen molar-refractivity contribution in [2.24, 2.45) is 5.73 Å². The van der Waals surface area contributed by atoms with Crippen LogP contribution in [0.15, 0.2) is 6.07 Å². The van der Waals surface area contributed by atoms with Gasteiger partial charge in [0.05, 0.1) is 0 Å². The van der Waals surface area contributed by atoms with Gasteiger partial charge >= 0.3 is 0 Å². The van der Waals surface area contributed by atoms with Crippen LogP contribution in [-0.2, 0) is 6.42 Å². The number of hydrogen-bond acceptors (Lipinski definition) is 5. The average molecular weight is 237 g/mol. The first-order chi connectivity index (χ1) is 8.01. The zero-order chi connectivity index (χ0) is 12.8. The predicted octanol–water partition coefficient (Wildman–Crippen LogP) is 0.648. The highest BCUT2D eigenvalue weighted by molar-refractivity contribution is 5.37. The molecular weight excluding hydrogens is 214 g/mol. The molecule has 17 heavy (non-hydrogen) atoms. The van der Waals surface area contributed by atoms with Crippen LogP contribution in [-0.4, -0.2) is 48.1 Å². The second-order valence-corrected chi connectivity index (χ2v) is 4.64. The number of rotatable bonds is 6. The Morgan fingerprint density at radius 3 is 2.71 bits per heavy atom. The van der Waals surface area contributed by atoms with Crippen LogP contribution in [0.5, 0.6) is 0 Å². The lowest BCUT2D eigenvalue weighted by atomic mass is 10.2. The number of nitrogens with two attached hydrogens (primary N) is 1. The lowest BCUT2D eigenvalue weighted by molar-refractivity contribution is 0.392. The zero-order valence-electron chi connectivity index (χ0n) is 11.2. The third-order valence-electron chi connectivity index (χ3n) is 2.32. The van der Waals surface area contributed by atoms with E-state index in [0.29, 0.717) is 12.6 Å². The van der Waals surface area contributed by atoms with Gasteiger partial charge in [0, 0.05) is 30.8 Å². The molecule has 0 amide bonds. The fourth-order valence-electron chi connectivity index (χ4n) is 1.83. The van der Waals surface area contributed by atoms with Crippen molar-refractivity contribution >= 4 is 5.82 Å². The van der Waals surface area contributed by atoms with Gasteiger partial charge in [-0.1, -0.05) is 0 Å². The molecule has 0 aromatic carbocycles. The first-order valence-electron chi connectivity index (χ1n) is 5.97. The van der Waals surface area contributed by atoms with Gasteiger partial charge in [0.25, 0.3) is 0 Å². The first-order valence-corrected chi connectivity index (χ1v) is 5.97. The van der Waals surface area contributed by atoms with Crippen LogP contribution >= 0.6 is 0 Å². The smallest absolute Gasteiger partial charge is 0.130 e. The molecular formula is C12H23N5. The summed E-state index contributed by atoms with van der Waals surface area (Å²) < 4.78 is 0. The summed E-state index contributed by atoms with van der Waals surface area (Å²) in [5.41, 5.74) is 6.54. The Morgan fingerprint density at radius 2 is 2.12 bits per heavy atom. The summed E-state index contributed by atoms with van der Waals surface area (Å²) >= 11 is 0. The molecule has 1 heterocycles. The summed E-state index contributed by atoms with van der Waals surface area (Å²) in [4.78, 5) is 10.9. The molecule has 0 spiro atoms. The highest BCUT2D eigenvalue weighted by Crippen LogP contribution is 2.08. The number of anilines is 1. The SMILES string of the molecule is Cc1nc(CCN)cc(NC(C)CN(C)C)n1. The minimum Gasteiger partial charge on any atom is -0.366 e. The summed E-state index contributed by atoms with van der Waals surface area (Å²) in [6, 6.07) is 2.33. The number of aromatic nitrogens is 2. The molecule has 3 N–H and O–H groups in total. The molecule has 96 valence electrons. The zero-order valence-corrected chi connectivity index (χ0v) is 11.2. The van der Waals surface area contributed by atoms with Gasteiger partial charge in [-0.3, -0.25) is 0 Å². The fraction of sp³-hybridized carbons (Fsp3) is 0.667.